The van der Waals surface area contributed by atoms with E-state index in [-0.39, 0.29) is 6.04 Å². The number of anilines is 1. The third-order valence-electron chi connectivity index (χ3n) is 4.04. The number of likely N-dealkylation sites (N-methyl/N-ethyl adjacent to an activating group) is 2. The van der Waals surface area contributed by atoms with Gasteiger partial charge in [0.05, 0.1) is 6.04 Å². The van der Waals surface area contributed by atoms with Gasteiger partial charge in [0.2, 0.25) is 0 Å². The highest BCUT2D eigenvalue weighted by molar-refractivity contribution is 5.35. The van der Waals surface area contributed by atoms with Crippen LogP contribution in [0.4, 0.5) is 5.82 Å². The van der Waals surface area contributed by atoms with Crippen LogP contribution in [0.2, 0.25) is 0 Å². The van der Waals surface area contributed by atoms with Gasteiger partial charge in [0.15, 0.2) is 0 Å². The largest absolute Gasteiger partial charge is 0.373 e. The third kappa shape index (κ3) is 4.38. The summed E-state index contributed by atoms with van der Waals surface area (Å²) < 4.78 is 0. The van der Waals surface area contributed by atoms with Crippen molar-refractivity contribution in [3.63, 3.8) is 0 Å². The molecule has 1 atom stereocenters. The Bertz CT molecular complexity index is 460. The predicted molar refractivity (Wildman–Crippen MR) is 87.6 cm³/mol. The van der Waals surface area contributed by atoms with Crippen LogP contribution in [0.3, 0.4) is 0 Å². The normalized spacial score (nSPS) is 21.5. The highest BCUT2D eigenvalue weighted by atomic mass is 15.2. The van der Waals surface area contributed by atoms with Crippen molar-refractivity contribution in [1.82, 2.24) is 19.8 Å². The van der Waals surface area contributed by atoms with Crippen LogP contribution in [-0.4, -0.2) is 60.5 Å². The van der Waals surface area contributed by atoms with E-state index < -0.39 is 0 Å². The van der Waals surface area contributed by atoms with Crippen molar-refractivity contribution in [3.05, 3.63) is 17.6 Å². The van der Waals surface area contributed by atoms with E-state index in [2.05, 4.69) is 49.1 Å². The number of aromatic nitrogens is 2. The molecule has 1 aromatic heterocycles. The van der Waals surface area contributed by atoms with Crippen LogP contribution in [0, 0.1) is 5.92 Å². The Morgan fingerprint density at radius 2 is 2.05 bits per heavy atom. The molecule has 0 saturated carbocycles. The lowest BCUT2D eigenvalue weighted by Gasteiger charge is -2.26. The number of nitrogens with one attached hydrogen (secondary N) is 1. The standard InChI is InChI=1S/C16H29N5/c1-12(2)9-13-10-15(17-3)19-16(18-13)14-11-20(4)7-6-8-21(14)5/h10,12,14H,6-9,11H2,1-5H3,(H,17,18,19). The molecular formula is C16H29N5. The molecule has 1 saturated heterocycles. The molecule has 1 aromatic rings. The zero-order valence-electron chi connectivity index (χ0n) is 14.1. The van der Waals surface area contributed by atoms with Gasteiger partial charge in [0.1, 0.15) is 11.6 Å². The van der Waals surface area contributed by atoms with E-state index in [0.29, 0.717) is 5.92 Å². The second-order valence-corrected chi connectivity index (χ2v) is 6.56. The van der Waals surface area contributed by atoms with Crippen LogP contribution >= 0.6 is 0 Å². The van der Waals surface area contributed by atoms with Crippen LogP contribution < -0.4 is 5.32 Å². The van der Waals surface area contributed by atoms with E-state index in [9.17, 15) is 0 Å². The van der Waals surface area contributed by atoms with E-state index in [1.54, 1.807) is 0 Å². The van der Waals surface area contributed by atoms with Crippen LogP contribution in [0.25, 0.3) is 0 Å². The number of rotatable bonds is 4. The molecule has 0 aromatic carbocycles. The van der Waals surface area contributed by atoms with Gasteiger partial charge in [-0.15, -0.1) is 0 Å². The van der Waals surface area contributed by atoms with Gasteiger partial charge in [-0.2, -0.15) is 0 Å². The predicted octanol–water partition coefficient (Wildman–Crippen LogP) is 2.03. The Kier molecular flexibility index (Phi) is 5.53. The second kappa shape index (κ2) is 7.18. The molecule has 0 radical (unpaired) electrons. The zero-order chi connectivity index (χ0) is 15.4. The first-order valence-electron chi connectivity index (χ1n) is 7.94. The summed E-state index contributed by atoms with van der Waals surface area (Å²) in [7, 11) is 6.29. The monoisotopic (exact) mass is 291 g/mol. The van der Waals surface area contributed by atoms with Crippen LogP contribution in [0.5, 0.6) is 0 Å². The van der Waals surface area contributed by atoms with Gasteiger partial charge in [-0.1, -0.05) is 13.8 Å². The fourth-order valence-electron chi connectivity index (χ4n) is 2.87. The van der Waals surface area contributed by atoms with Crippen LogP contribution in [-0.2, 0) is 6.42 Å². The first-order chi connectivity index (χ1) is 9.99. The first-order valence-corrected chi connectivity index (χ1v) is 7.94. The molecule has 1 fully saturated rings. The minimum atomic E-state index is 0.275. The molecule has 21 heavy (non-hydrogen) atoms. The average molecular weight is 291 g/mol. The Morgan fingerprint density at radius 3 is 2.71 bits per heavy atom. The van der Waals surface area contributed by atoms with E-state index in [4.69, 9.17) is 9.97 Å². The Balaban J connectivity index is 2.31. The third-order valence-corrected chi connectivity index (χ3v) is 4.04. The molecule has 1 aliphatic rings. The molecule has 118 valence electrons. The summed E-state index contributed by atoms with van der Waals surface area (Å²) in [4.78, 5) is 14.3. The molecule has 2 rings (SSSR count). The summed E-state index contributed by atoms with van der Waals surface area (Å²) in [6, 6.07) is 2.35. The van der Waals surface area contributed by atoms with Gasteiger partial charge < -0.3 is 10.2 Å². The summed E-state index contributed by atoms with van der Waals surface area (Å²) in [5.74, 6) is 2.48. The summed E-state index contributed by atoms with van der Waals surface area (Å²) in [5.41, 5.74) is 1.14. The molecule has 5 heteroatoms. The van der Waals surface area contributed by atoms with E-state index in [1.165, 1.54) is 6.42 Å². The summed E-state index contributed by atoms with van der Waals surface area (Å²) in [6.45, 7) is 7.69. The van der Waals surface area contributed by atoms with Crippen LogP contribution in [0.15, 0.2) is 6.07 Å². The molecule has 1 unspecified atom stereocenters. The van der Waals surface area contributed by atoms with Gasteiger partial charge in [0, 0.05) is 25.4 Å². The maximum Gasteiger partial charge on any atom is 0.149 e. The number of hydrogen-bond acceptors (Lipinski definition) is 5. The fraction of sp³-hybridized carbons (Fsp3) is 0.750. The average Bonchev–Trinajstić information content (AvgIpc) is 2.59. The lowest BCUT2D eigenvalue weighted by molar-refractivity contribution is 0.219. The summed E-state index contributed by atoms with van der Waals surface area (Å²) >= 11 is 0. The number of hydrogen-bond donors (Lipinski definition) is 1. The molecule has 2 heterocycles. The van der Waals surface area contributed by atoms with Crippen molar-refractivity contribution in [2.24, 2.45) is 5.92 Å². The first kappa shape index (κ1) is 16.2. The summed E-state index contributed by atoms with van der Waals surface area (Å²) in [6.07, 6.45) is 2.20. The van der Waals surface area contributed by atoms with Crippen LogP contribution in [0.1, 0.15) is 37.8 Å². The van der Waals surface area contributed by atoms with E-state index in [1.807, 2.05) is 7.05 Å². The molecule has 0 amide bonds. The van der Waals surface area contributed by atoms with Gasteiger partial charge in [-0.05, 0) is 45.9 Å². The van der Waals surface area contributed by atoms with Crippen molar-refractivity contribution < 1.29 is 0 Å². The van der Waals surface area contributed by atoms with E-state index >= 15 is 0 Å². The minimum absolute atomic E-state index is 0.275. The molecule has 1 N–H and O–H groups in total. The quantitative estimate of drug-likeness (QED) is 0.919. The molecule has 0 bridgehead atoms. The van der Waals surface area contributed by atoms with Crippen molar-refractivity contribution in [2.45, 2.75) is 32.7 Å². The molecule has 1 aliphatic heterocycles. The lowest BCUT2D eigenvalue weighted by atomic mass is 10.1. The highest BCUT2D eigenvalue weighted by Crippen LogP contribution is 2.22. The molecule has 0 aliphatic carbocycles. The Morgan fingerprint density at radius 1 is 1.29 bits per heavy atom. The van der Waals surface area contributed by atoms with Crippen molar-refractivity contribution in [2.75, 3.05) is 46.1 Å². The van der Waals surface area contributed by atoms with Gasteiger partial charge in [-0.25, -0.2) is 9.97 Å². The Labute approximate surface area is 128 Å². The zero-order valence-corrected chi connectivity index (χ0v) is 14.1. The highest BCUT2D eigenvalue weighted by Gasteiger charge is 2.25. The van der Waals surface area contributed by atoms with Crippen molar-refractivity contribution >= 4 is 5.82 Å². The fourth-order valence-corrected chi connectivity index (χ4v) is 2.87. The summed E-state index contributed by atoms with van der Waals surface area (Å²) in [5, 5.41) is 3.18. The lowest BCUT2D eigenvalue weighted by Crippen LogP contribution is -2.32. The Hall–Kier alpha value is -1.20. The topological polar surface area (TPSA) is 44.3 Å². The maximum atomic E-state index is 4.85. The van der Waals surface area contributed by atoms with Gasteiger partial charge in [-0.3, -0.25) is 4.90 Å². The second-order valence-electron chi connectivity index (χ2n) is 6.56. The minimum Gasteiger partial charge on any atom is -0.373 e. The van der Waals surface area contributed by atoms with Crippen molar-refractivity contribution in [3.8, 4) is 0 Å². The molecular weight excluding hydrogens is 262 g/mol. The number of nitrogens with zero attached hydrogens (tertiary/aromatic N) is 4. The van der Waals surface area contributed by atoms with Crippen molar-refractivity contribution in [1.29, 1.82) is 0 Å². The SMILES string of the molecule is CNc1cc(CC(C)C)nc(C2CN(C)CCCN2C)n1. The maximum absolute atomic E-state index is 4.85. The van der Waals surface area contributed by atoms with Gasteiger partial charge >= 0.3 is 0 Å². The smallest absolute Gasteiger partial charge is 0.149 e. The molecule has 5 nitrogen and oxygen atoms in total. The van der Waals surface area contributed by atoms with E-state index in [0.717, 1.165) is 43.4 Å². The van der Waals surface area contributed by atoms with Gasteiger partial charge in [0.25, 0.3) is 0 Å². The molecule has 0 spiro atoms.